The summed E-state index contributed by atoms with van der Waals surface area (Å²) < 4.78 is 0. The van der Waals surface area contributed by atoms with E-state index in [1.807, 2.05) is 0 Å². The fourth-order valence-electron chi connectivity index (χ4n) is 6.72. The van der Waals surface area contributed by atoms with Crippen molar-refractivity contribution < 1.29 is 19.2 Å². The maximum Gasteiger partial charge on any atom is 0.233 e. The van der Waals surface area contributed by atoms with Crippen LogP contribution in [0.1, 0.15) is 77.0 Å². The molecule has 152 valence electrons. The first-order chi connectivity index (χ1) is 13.6. The number of carbonyl (C=O) groups excluding carboxylic acids is 4. The third-order valence-electron chi connectivity index (χ3n) is 8.11. The van der Waals surface area contributed by atoms with Crippen LogP contribution in [0.15, 0.2) is 0 Å². The van der Waals surface area contributed by atoms with Gasteiger partial charge in [0.25, 0.3) is 0 Å². The number of likely N-dealkylation sites (tertiary alicyclic amines) is 2. The lowest BCUT2D eigenvalue weighted by Crippen LogP contribution is -2.57. The van der Waals surface area contributed by atoms with Crippen molar-refractivity contribution in [2.75, 3.05) is 0 Å². The molecule has 0 spiro atoms. The molecule has 5 rings (SSSR count). The predicted octanol–water partition coefficient (Wildman–Crippen LogP) is 2.65. The predicted molar refractivity (Wildman–Crippen MR) is 101 cm³/mol. The SMILES string of the molecule is O=C1C2CCCCC2C(=O)N1C1CCCCC1N1C(=O)C2CCCCC2C1=O. The molecular weight excluding hydrogens is 356 g/mol. The van der Waals surface area contributed by atoms with Crippen LogP contribution in [-0.2, 0) is 19.2 Å². The summed E-state index contributed by atoms with van der Waals surface area (Å²) in [5, 5.41) is 0. The van der Waals surface area contributed by atoms with Gasteiger partial charge in [-0.2, -0.15) is 0 Å². The number of amides is 4. The van der Waals surface area contributed by atoms with Gasteiger partial charge in [-0.3, -0.25) is 29.0 Å². The van der Waals surface area contributed by atoms with Crippen molar-refractivity contribution in [2.45, 2.75) is 89.1 Å². The Morgan fingerprint density at radius 3 is 0.964 bits per heavy atom. The van der Waals surface area contributed by atoms with Gasteiger partial charge in [0.1, 0.15) is 0 Å². The van der Waals surface area contributed by atoms with E-state index in [-0.39, 0.29) is 59.4 Å². The van der Waals surface area contributed by atoms with E-state index in [9.17, 15) is 19.2 Å². The first-order valence-electron chi connectivity index (χ1n) is 11.3. The molecule has 2 aliphatic heterocycles. The van der Waals surface area contributed by atoms with Crippen LogP contribution in [0.5, 0.6) is 0 Å². The Balaban J connectivity index is 1.44. The minimum absolute atomic E-state index is 0.0388. The fourth-order valence-corrected chi connectivity index (χ4v) is 6.72. The Morgan fingerprint density at radius 1 is 0.429 bits per heavy atom. The van der Waals surface area contributed by atoms with E-state index in [1.165, 1.54) is 9.80 Å². The molecule has 5 fully saturated rings. The lowest BCUT2D eigenvalue weighted by molar-refractivity contribution is -0.153. The average molecular weight is 386 g/mol. The summed E-state index contributed by atoms with van der Waals surface area (Å²) >= 11 is 0. The van der Waals surface area contributed by atoms with E-state index in [1.54, 1.807) is 0 Å². The summed E-state index contributed by atoms with van der Waals surface area (Å²) in [7, 11) is 0. The van der Waals surface area contributed by atoms with E-state index in [0.717, 1.165) is 64.2 Å². The van der Waals surface area contributed by atoms with Crippen LogP contribution in [0.4, 0.5) is 0 Å². The summed E-state index contributed by atoms with van der Waals surface area (Å²) in [6.45, 7) is 0. The van der Waals surface area contributed by atoms with Crippen molar-refractivity contribution in [1.29, 1.82) is 0 Å². The second-order valence-corrected chi connectivity index (χ2v) is 9.51. The number of hydrogen-bond acceptors (Lipinski definition) is 4. The highest BCUT2D eigenvalue weighted by molar-refractivity contribution is 6.07. The van der Waals surface area contributed by atoms with Crippen molar-refractivity contribution in [3.8, 4) is 0 Å². The molecule has 5 aliphatic rings. The topological polar surface area (TPSA) is 74.8 Å². The van der Waals surface area contributed by atoms with Gasteiger partial charge in [-0.25, -0.2) is 0 Å². The van der Waals surface area contributed by atoms with E-state index in [0.29, 0.717) is 12.8 Å². The highest BCUT2D eigenvalue weighted by Crippen LogP contribution is 2.44. The van der Waals surface area contributed by atoms with Gasteiger partial charge in [-0.05, 0) is 38.5 Å². The van der Waals surface area contributed by atoms with Gasteiger partial charge in [-0.1, -0.05) is 38.5 Å². The molecule has 0 bridgehead atoms. The molecule has 0 aromatic rings. The second kappa shape index (κ2) is 6.96. The molecule has 6 heteroatoms. The van der Waals surface area contributed by atoms with Crippen LogP contribution in [0, 0.1) is 23.7 Å². The Bertz CT molecular complexity index is 611. The average Bonchev–Trinajstić information content (AvgIpc) is 3.13. The third kappa shape index (κ3) is 2.59. The smallest absolute Gasteiger partial charge is 0.233 e. The van der Waals surface area contributed by atoms with Crippen molar-refractivity contribution in [1.82, 2.24) is 9.80 Å². The first kappa shape index (κ1) is 18.3. The minimum atomic E-state index is -0.313. The Labute approximate surface area is 166 Å². The highest BCUT2D eigenvalue weighted by Gasteiger charge is 2.56. The van der Waals surface area contributed by atoms with Gasteiger partial charge in [0.2, 0.25) is 23.6 Å². The molecule has 0 aromatic carbocycles. The third-order valence-corrected chi connectivity index (χ3v) is 8.11. The summed E-state index contributed by atoms with van der Waals surface area (Å²) in [5.41, 5.74) is 0. The Morgan fingerprint density at radius 2 is 0.679 bits per heavy atom. The molecule has 28 heavy (non-hydrogen) atoms. The maximum absolute atomic E-state index is 13.1. The number of nitrogens with zero attached hydrogens (tertiary/aromatic N) is 2. The van der Waals surface area contributed by atoms with E-state index < -0.39 is 0 Å². The number of fused-ring (bicyclic) bond motifs is 2. The zero-order valence-electron chi connectivity index (χ0n) is 16.5. The molecule has 0 radical (unpaired) electrons. The zero-order chi connectivity index (χ0) is 19.4. The summed E-state index contributed by atoms with van der Waals surface area (Å²) in [4.78, 5) is 55.6. The molecule has 6 nitrogen and oxygen atoms in total. The summed E-state index contributed by atoms with van der Waals surface area (Å²) in [5.74, 6) is -0.835. The van der Waals surface area contributed by atoms with Crippen molar-refractivity contribution in [2.24, 2.45) is 23.7 Å². The monoisotopic (exact) mass is 386 g/mol. The van der Waals surface area contributed by atoms with E-state index >= 15 is 0 Å². The van der Waals surface area contributed by atoms with Crippen LogP contribution in [0.3, 0.4) is 0 Å². The largest absolute Gasteiger partial charge is 0.277 e. The van der Waals surface area contributed by atoms with Gasteiger partial charge >= 0.3 is 0 Å². The molecule has 6 unspecified atom stereocenters. The first-order valence-corrected chi connectivity index (χ1v) is 11.3. The molecular formula is C22H30N2O4. The Kier molecular flexibility index (Phi) is 4.55. The molecule has 6 atom stereocenters. The molecule has 2 saturated heterocycles. The quantitative estimate of drug-likeness (QED) is 0.684. The van der Waals surface area contributed by atoms with Crippen molar-refractivity contribution >= 4 is 23.6 Å². The molecule has 4 amide bonds. The van der Waals surface area contributed by atoms with E-state index in [2.05, 4.69) is 0 Å². The van der Waals surface area contributed by atoms with Crippen LogP contribution < -0.4 is 0 Å². The minimum Gasteiger partial charge on any atom is -0.277 e. The second-order valence-electron chi connectivity index (χ2n) is 9.51. The fraction of sp³-hybridized carbons (Fsp3) is 0.818. The zero-order valence-corrected chi connectivity index (χ0v) is 16.5. The van der Waals surface area contributed by atoms with Gasteiger partial charge in [0.15, 0.2) is 0 Å². The van der Waals surface area contributed by atoms with Crippen LogP contribution in [-0.4, -0.2) is 45.5 Å². The van der Waals surface area contributed by atoms with Crippen LogP contribution in [0.25, 0.3) is 0 Å². The standard InChI is InChI=1S/C22H30N2O4/c25-19-13-7-1-2-8-14(13)20(26)23(19)17-11-5-6-12-18(17)24-21(27)15-9-3-4-10-16(15)22(24)28/h13-18H,1-12H2. The summed E-state index contributed by atoms with van der Waals surface area (Å²) in [6, 6.07) is -0.625. The molecule has 0 aromatic heterocycles. The maximum atomic E-state index is 13.1. The Hall–Kier alpha value is -1.72. The summed E-state index contributed by atoms with van der Waals surface area (Å²) in [6.07, 6.45) is 10.6. The van der Waals surface area contributed by atoms with Crippen molar-refractivity contribution in [3.63, 3.8) is 0 Å². The van der Waals surface area contributed by atoms with Gasteiger partial charge in [-0.15, -0.1) is 0 Å². The van der Waals surface area contributed by atoms with Gasteiger partial charge < -0.3 is 0 Å². The normalized spacial score (nSPS) is 41.4. The molecule has 2 heterocycles. The number of hydrogen-bond donors (Lipinski definition) is 0. The number of carbonyl (C=O) groups is 4. The van der Waals surface area contributed by atoms with Crippen LogP contribution in [0.2, 0.25) is 0 Å². The molecule has 3 saturated carbocycles. The molecule has 0 N–H and O–H groups in total. The van der Waals surface area contributed by atoms with Gasteiger partial charge in [0, 0.05) is 0 Å². The van der Waals surface area contributed by atoms with E-state index in [4.69, 9.17) is 0 Å². The lowest BCUT2D eigenvalue weighted by Gasteiger charge is -2.41. The van der Waals surface area contributed by atoms with Gasteiger partial charge in [0.05, 0.1) is 35.8 Å². The number of rotatable bonds is 2. The lowest BCUT2D eigenvalue weighted by atomic mass is 9.81. The van der Waals surface area contributed by atoms with Crippen LogP contribution >= 0.6 is 0 Å². The highest BCUT2D eigenvalue weighted by atomic mass is 16.2. The van der Waals surface area contributed by atoms with Crippen molar-refractivity contribution in [3.05, 3.63) is 0 Å². The number of imide groups is 2. The molecule has 3 aliphatic carbocycles.